The van der Waals surface area contributed by atoms with Crippen LogP contribution in [0.2, 0.25) is 5.15 Å². The molecule has 0 bridgehead atoms. The number of aromatic nitrogens is 1. The number of pyridine rings is 1. The molecule has 1 heterocycles. The van der Waals surface area contributed by atoms with Gasteiger partial charge in [-0.2, -0.15) is 0 Å². The van der Waals surface area contributed by atoms with Gasteiger partial charge in [-0.05, 0) is 18.6 Å². The number of sulfone groups is 1. The molecule has 18 heavy (non-hydrogen) atoms. The smallest absolute Gasteiger partial charge is 0.233 e. The lowest BCUT2D eigenvalue weighted by Crippen LogP contribution is -2.22. The summed E-state index contributed by atoms with van der Waals surface area (Å²) in [5.41, 5.74) is 0.894. The average Bonchev–Trinajstić information content (AvgIpc) is 2.19. The number of sulfonamides is 1. The predicted molar refractivity (Wildman–Crippen MR) is 71.1 cm³/mol. The first-order valence-corrected chi connectivity index (χ1v) is 8.98. The minimum atomic E-state index is -3.72. The third kappa shape index (κ3) is 5.19. The molecule has 1 aromatic heterocycles. The van der Waals surface area contributed by atoms with Crippen molar-refractivity contribution in [3.05, 3.63) is 23.0 Å². The summed E-state index contributed by atoms with van der Waals surface area (Å²) in [7, 11) is -7.04. The van der Waals surface area contributed by atoms with Gasteiger partial charge in [-0.25, -0.2) is 21.8 Å². The van der Waals surface area contributed by atoms with Crippen LogP contribution < -0.4 is 4.72 Å². The number of nitrogens with one attached hydrogen (secondary N) is 1. The number of aryl methyl sites for hydroxylation is 1. The van der Waals surface area contributed by atoms with Crippen molar-refractivity contribution in [2.24, 2.45) is 0 Å². The van der Waals surface area contributed by atoms with Crippen LogP contribution >= 0.6 is 11.6 Å². The minimum absolute atomic E-state index is 0.256. The van der Waals surface area contributed by atoms with Gasteiger partial charge in [0.05, 0.1) is 23.4 Å². The lowest BCUT2D eigenvalue weighted by Gasteiger charge is -2.09. The molecule has 0 aliphatic carbocycles. The van der Waals surface area contributed by atoms with E-state index < -0.39 is 31.4 Å². The molecule has 0 aromatic carbocycles. The second-order valence-electron chi connectivity index (χ2n) is 3.87. The summed E-state index contributed by atoms with van der Waals surface area (Å²) in [5, 5.41) is 0.256. The average molecular weight is 313 g/mol. The summed E-state index contributed by atoms with van der Waals surface area (Å²) in [6, 6.07) is 1.51. The number of hydrogen-bond acceptors (Lipinski definition) is 5. The fourth-order valence-electron chi connectivity index (χ4n) is 1.11. The molecule has 0 amide bonds. The quantitative estimate of drug-likeness (QED) is 0.813. The first kappa shape index (κ1) is 15.2. The maximum Gasteiger partial charge on any atom is 0.233 e. The zero-order valence-corrected chi connectivity index (χ0v) is 12.2. The summed E-state index contributed by atoms with van der Waals surface area (Å²) >= 11 is 5.64. The molecule has 0 aliphatic heterocycles. The van der Waals surface area contributed by atoms with Gasteiger partial charge in [0.2, 0.25) is 10.0 Å². The fourth-order valence-corrected chi connectivity index (χ4v) is 4.06. The topological polar surface area (TPSA) is 93.2 Å². The molecule has 0 fully saturated rings. The predicted octanol–water partition coefficient (Wildman–Crippen LogP) is 0.830. The van der Waals surface area contributed by atoms with Crippen molar-refractivity contribution in [3.63, 3.8) is 0 Å². The Kier molecular flexibility index (Phi) is 4.57. The Labute approximate surface area is 111 Å². The number of nitrogens with zero attached hydrogens (tertiary/aromatic N) is 1. The first-order chi connectivity index (χ1) is 8.09. The van der Waals surface area contributed by atoms with Crippen LogP contribution in [-0.4, -0.2) is 39.6 Å². The number of anilines is 1. The molecule has 6 nitrogen and oxygen atoms in total. The van der Waals surface area contributed by atoms with Crippen LogP contribution in [0.4, 0.5) is 5.69 Å². The summed E-state index contributed by atoms with van der Waals surface area (Å²) in [6.07, 6.45) is 2.27. The van der Waals surface area contributed by atoms with Gasteiger partial charge in [0.1, 0.15) is 15.0 Å². The van der Waals surface area contributed by atoms with E-state index in [-0.39, 0.29) is 10.8 Å². The Bertz CT molecular complexity index is 641. The van der Waals surface area contributed by atoms with Gasteiger partial charge >= 0.3 is 0 Å². The molecule has 1 rings (SSSR count). The lowest BCUT2D eigenvalue weighted by atomic mass is 10.3. The van der Waals surface area contributed by atoms with Gasteiger partial charge in [-0.3, -0.25) is 4.72 Å². The van der Waals surface area contributed by atoms with Crippen LogP contribution in [0.15, 0.2) is 12.3 Å². The molecule has 1 aromatic rings. The molecular weight excluding hydrogens is 300 g/mol. The molecular formula is C9H13ClN2O4S2. The molecule has 9 heteroatoms. The zero-order chi connectivity index (χ0) is 14.0. The molecule has 0 spiro atoms. The van der Waals surface area contributed by atoms with Crippen molar-refractivity contribution in [2.75, 3.05) is 22.5 Å². The second kappa shape index (κ2) is 5.41. The minimum Gasteiger partial charge on any atom is -0.282 e. The number of halogens is 1. The van der Waals surface area contributed by atoms with Crippen LogP contribution in [0.25, 0.3) is 0 Å². The Morgan fingerprint density at radius 2 is 1.89 bits per heavy atom. The fraction of sp³-hybridized carbons (Fsp3) is 0.444. The highest BCUT2D eigenvalue weighted by atomic mass is 35.5. The number of hydrogen-bond donors (Lipinski definition) is 1. The highest BCUT2D eigenvalue weighted by Gasteiger charge is 2.15. The van der Waals surface area contributed by atoms with E-state index >= 15 is 0 Å². The van der Waals surface area contributed by atoms with E-state index in [0.29, 0.717) is 5.56 Å². The summed E-state index contributed by atoms with van der Waals surface area (Å²) in [5.74, 6) is -0.920. The van der Waals surface area contributed by atoms with E-state index in [4.69, 9.17) is 11.6 Å². The van der Waals surface area contributed by atoms with Gasteiger partial charge in [0.15, 0.2) is 0 Å². The Morgan fingerprint density at radius 3 is 2.39 bits per heavy atom. The van der Waals surface area contributed by atoms with Gasteiger partial charge in [-0.1, -0.05) is 11.6 Å². The van der Waals surface area contributed by atoms with Crippen molar-refractivity contribution < 1.29 is 16.8 Å². The molecule has 0 saturated carbocycles. The van der Waals surface area contributed by atoms with Crippen LogP contribution in [0.1, 0.15) is 5.56 Å². The third-order valence-corrected chi connectivity index (χ3v) is 4.75. The molecule has 102 valence electrons. The van der Waals surface area contributed by atoms with E-state index in [9.17, 15) is 16.8 Å². The van der Waals surface area contributed by atoms with E-state index in [1.165, 1.54) is 12.3 Å². The Morgan fingerprint density at radius 1 is 1.28 bits per heavy atom. The zero-order valence-electron chi connectivity index (χ0n) is 9.84. The van der Waals surface area contributed by atoms with Crippen molar-refractivity contribution in [3.8, 4) is 0 Å². The standard InChI is InChI=1S/C9H13ClN2O4S2/c1-7-5-9(10)11-6-8(7)12-18(15,16)4-3-17(2,13)14/h5-6,12H,3-4H2,1-2H3. The van der Waals surface area contributed by atoms with Gasteiger partial charge < -0.3 is 0 Å². The summed E-state index contributed by atoms with van der Waals surface area (Å²) in [6.45, 7) is 1.67. The summed E-state index contributed by atoms with van der Waals surface area (Å²) < 4.78 is 47.4. The normalized spacial score (nSPS) is 12.4. The van der Waals surface area contributed by atoms with Crippen molar-refractivity contribution >= 4 is 37.1 Å². The molecule has 0 saturated heterocycles. The van der Waals surface area contributed by atoms with Crippen LogP contribution in [0, 0.1) is 6.92 Å². The van der Waals surface area contributed by atoms with Crippen LogP contribution in [0.5, 0.6) is 0 Å². The highest BCUT2D eigenvalue weighted by Crippen LogP contribution is 2.18. The van der Waals surface area contributed by atoms with E-state index in [1.54, 1.807) is 6.92 Å². The van der Waals surface area contributed by atoms with Crippen molar-refractivity contribution in [2.45, 2.75) is 6.92 Å². The van der Waals surface area contributed by atoms with Crippen LogP contribution in [0.3, 0.4) is 0 Å². The largest absolute Gasteiger partial charge is 0.282 e. The highest BCUT2D eigenvalue weighted by molar-refractivity contribution is 7.95. The SMILES string of the molecule is Cc1cc(Cl)ncc1NS(=O)(=O)CCS(C)(=O)=O. The Hall–Kier alpha value is -0.860. The third-order valence-electron chi connectivity index (χ3n) is 2.07. The van der Waals surface area contributed by atoms with E-state index in [0.717, 1.165) is 6.26 Å². The first-order valence-electron chi connectivity index (χ1n) is 4.89. The van der Waals surface area contributed by atoms with Gasteiger partial charge in [0.25, 0.3) is 0 Å². The Balaban J connectivity index is 2.83. The molecule has 1 N–H and O–H groups in total. The summed E-state index contributed by atoms with van der Waals surface area (Å²) in [4.78, 5) is 3.75. The molecule has 0 unspecified atom stereocenters. The van der Waals surface area contributed by atoms with Crippen LogP contribution in [-0.2, 0) is 19.9 Å². The van der Waals surface area contributed by atoms with Gasteiger partial charge in [-0.15, -0.1) is 0 Å². The molecule has 0 radical (unpaired) electrons. The van der Waals surface area contributed by atoms with Gasteiger partial charge in [0, 0.05) is 6.26 Å². The second-order valence-corrected chi connectivity index (χ2v) is 8.36. The van der Waals surface area contributed by atoms with E-state index in [2.05, 4.69) is 9.71 Å². The number of rotatable bonds is 5. The maximum absolute atomic E-state index is 11.6. The monoisotopic (exact) mass is 312 g/mol. The maximum atomic E-state index is 11.6. The van der Waals surface area contributed by atoms with Crippen molar-refractivity contribution in [1.29, 1.82) is 0 Å². The lowest BCUT2D eigenvalue weighted by molar-refractivity contribution is 0.593. The van der Waals surface area contributed by atoms with E-state index in [1.807, 2.05) is 0 Å². The molecule has 0 aliphatic rings. The molecule has 0 atom stereocenters. The van der Waals surface area contributed by atoms with Crippen molar-refractivity contribution in [1.82, 2.24) is 4.98 Å².